The fourth-order valence-corrected chi connectivity index (χ4v) is 3.19. The van der Waals surface area contributed by atoms with Crippen LogP contribution in [-0.4, -0.2) is 53.4 Å². The molecule has 21 heavy (non-hydrogen) atoms. The zero-order chi connectivity index (χ0) is 16.0. The first-order valence-corrected chi connectivity index (χ1v) is 8.31. The monoisotopic (exact) mass is 315 g/mol. The number of amides is 3. The summed E-state index contributed by atoms with van der Waals surface area (Å²) in [7, 11) is 0. The van der Waals surface area contributed by atoms with E-state index >= 15 is 0 Å². The van der Waals surface area contributed by atoms with Gasteiger partial charge in [0.25, 0.3) is 0 Å². The Balaban J connectivity index is 2.54. The molecule has 120 valence electrons. The van der Waals surface area contributed by atoms with Crippen molar-refractivity contribution in [3.8, 4) is 0 Å². The molecule has 0 aromatic carbocycles. The summed E-state index contributed by atoms with van der Waals surface area (Å²) >= 11 is 1.56. The van der Waals surface area contributed by atoms with Crippen LogP contribution < -0.4 is 10.6 Å². The van der Waals surface area contributed by atoms with Crippen LogP contribution in [0, 0.1) is 5.41 Å². The average molecular weight is 315 g/mol. The molecule has 1 saturated heterocycles. The number of likely N-dealkylation sites (N-methyl/N-ethyl adjacent to an activating group) is 1. The van der Waals surface area contributed by atoms with E-state index in [4.69, 9.17) is 0 Å². The van der Waals surface area contributed by atoms with Gasteiger partial charge in [-0.3, -0.25) is 14.4 Å². The molecule has 1 aliphatic rings. The van der Waals surface area contributed by atoms with Crippen molar-refractivity contribution in [1.82, 2.24) is 15.5 Å². The van der Waals surface area contributed by atoms with Crippen LogP contribution in [0.15, 0.2) is 0 Å². The van der Waals surface area contributed by atoms with E-state index < -0.39 is 6.04 Å². The Kier molecular flexibility index (Phi) is 6.51. The lowest BCUT2D eigenvalue weighted by molar-refractivity contribution is -0.139. The molecule has 0 spiro atoms. The Morgan fingerprint density at radius 3 is 2.48 bits per heavy atom. The topological polar surface area (TPSA) is 78.5 Å². The lowest BCUT2D eigenvalue weighted by atomic mass is 9.91. The number of nitrogens with one attached hydrogen (secondary N) is 2. The molecule has 0 bridgehead atoms. The standard InChI is InChI=1S/C14H25N3O3S/c1-5-15-11(18)7-16-13(20)10-8-21-9-17(10)12(19)6-14(2,3)4/h10H,5-9H2,1-4H3,(H,15,18)(H,16,20)/t10-/m1/s1. The fraction of sp³-hybridized carbons (Fsp3) is 0.786. The minimum Gasteiger partial charge on any atom is -0.355 e. The van der Waals surface area contributed by atoms with Crippen LogP contribution in [0.2, 0.25) is 0 Å². The van der Waals surface area contributed by atoms with Crippen molar-refractivity contribution in [1.29, 1.82) is 0 Å². The van der Waals surface area contributed by atoms with Crippen molar-refractivity contribution >= 4 is 29.5 Å². The van der Waals surface area contributed by atoms with E-state index in [-0.39, 0.29) is 29.7 Å². The third kappa shape index (κ3) is 5.95. The van der Waals surface area contributed by atoms with Gasteiger partial charge >= 0.3 is 0 Å². The summed E-state index contributed by atoms with van der Waals surface area (Å²) in [6.45, 7) is 8.30. The number of thioether (sulfide) groups is 1. The molecule has 7 heteroatoms. The third-order valence-electron chi connectivity index (χ3n) is 2.98. The molecule has 2 N–H and O–H groups in total. The maximum atomic E-state index is 12.3. The quantitative estimate of drug-likeness (QED) is 0.778. The summed E-state index contributed by atoms with van der Waals surface area (Å²) in [5, 5.41) is 5.22. The van der Waals surface area contributed by atoms with E-state index in [1.165, 1.54) is 0 Å². The second kappa shape index (κ2) is 7.68. The molecule has 0 aromatic heterocycles. The van der Waals surface area contributed by atoms with Gasteiger partial charge in [-0.1, -0.05) is 20.8 Å². The largest absolute Gasteiger partial charge is 0.355 e. The van der Waals surface area contributed by atoms with E-state index in [1.807, 2.05) is 27.7 Å². The second-order valence-corrected chi connectivity index (χ2v) is 7.29. The summed E-state index contributed by atoms with van der Waals surface area (Å²) in [6, 6.07) is -0.473. The summed E-state index contributed by atoms with van der Waals surface area (Å²) < 4.78 is 0. The zero-order valence-corrected chi connectivity index (χ0v) is 14.0. The lowest BCUT2D eigenvalue weighted by Crippen LogP contribution is -2.49. The summed E-state index contributed by atoms with van der Waals surface area (Å²) in [6.07, 6.45) is 0.410. The van der Waals surface area contributed by atoms with Gasteiger partial charge in [-0.2, -0.15) is 0 Å². The van der Waals surface area contributed by atoms with E-state index in [0.29, 0.717) is 24.6 Å². The first-order chi connectivity index (χ1) is 9.74. The van der Waals surface area contributed by atoms with Gasteiger partial charge in [-0.15, -0.1) is 11.8 Å². The first kappa shape index (κ1) is 17.8. The number of carbonyl (C=O) groups is 3. The molecule has 0 unspecified atom stereocenters. The lowest BCUT2D eigenvalue weighted by Gasteiger charge is -2.26. The van der Waals surface area contributed by atoms with Crippen molar-refractivity contribution in [3.63, 3.8) is 0 Å². The molecule has 1 fully saturated rings. The third-order valence-corrected chi connectivity index (χ3v) is 4.00. The van der Waals surface area contributed by atoms with Crippen molar-refractivity contribution in [2.45, 2.75) is 40.2 Å². The zero-order valence-electron chi connectivity index (χ0n) is 13.2. The Labute approximate surface area is 130 Å². The van der Waals surface area contributed by atoms with E-state index in [2.05, 4.69) is 10.6 Å². The number of nitrogens with zero attached hydrogens (tertiary/aromatic N) is 1. The van der Waals surface area contributed by atoms with Crippen LogP contribution in [0.25, 0.3) is 0 Å². The minimum absolute atomic E-state index is 0.00865. The highest BCUT2D eigenvalue weighted by atomic mass is 32.2. The molecule has 1 rings (SSSR count). The number of hydrogen-bond donors (Lipinski definition) is 2. The number of carbonyl (C=O) groups excluding carboxylic acids is 3. The van der Waals surface area contributed by atoms with Crippen LogP contribution in [-0.2, 0) is 14.4 Å². The van der Waals surface area contributed by atoms with E-state index in [1.54, 1.807) is 16.7 Å². The van der Waals surface area contributed by atoms with Gasteiger partial charge < -0.3 is 15.5 Å². The van der Waals surface area contributed by atoms with Crippen LogP contribution in [0.4, 0.5) is 0 Å². The Morgan fingerprint density at radius 1 is 1.24 bits per heavy atom. The molecule has 1 atom stereocenters. The first-order valence-electron chi connectivity index (χ1n) is 7.16. The van der Waals surface area contributed by atoms with Gasteiger partial charge in [0.1, 0.15) is 6.04 Å². The Bertz CT molecular complexity index is 407. The van der Waals surface area contributed by atoms with Crippen LogP contribution >= 0.6 is 11.8 Å². The fourth-order valence-electron chi connectivity index (χ4n) is 2.01. The molecule has 0 aromatic rings. The SMILES string of the molecule is CCNC(=O)CNC(=O)[C@H]1CSCN1C(=O)CC(C)(C)C. The van der Waals surface area contributed by atoms with Gasteiger partial charge in [0.05, 0.1) is 12.4 Å². The van der Waals surface area contributed by atoms with Gasteiger partial charge in [-0.25, -0.2) is 0 Å². The van der Waals surface area contributed by atoms with E-state index in [9.17, 15) is 14.4 Å². The molecule has 0 radical (unpaired) electrons. The summed E-state index contributed by atoms with van der Waals surface area (Å²) in [4.78, 5) is 37.4. The smallest absolute Gasteiger partial charge is 0.244 e. The molecule has 6 nitrogen and oxygen atoms in total. The van der Waals surface area contributed by atoms with E-state index in [0.717, 1.165) is 0 Å². The summed E-state index contributed by atoms with van der Waals surface area (Å²) in [5.74, 6) is 0.633. The van der Waals surface area contributed by atoms with Crippen LogP contribution in [0.5, 0.6) is 0 Å². The highest BCUT2D eigenvalue weighted by Gasteiger charge is 2.35. The van der Waals surface area contributed by atoms with Gasteiger partial charge in [-0.05, 0) is 12.3 Å². The Hall–Kier alpha value is -1.24. The predicted octanol–water partition coefficient (Wildman–Crippen LogP) is 0.576. The molecular weight excluding hydrogens is 290 g/mol. The normalized spacial score (nSPS) is 18.5. The molecule has 0 aliphatic carbocycles. The minimum atomic E-state index is -0.473. The highest BCUT2D eigenvalue weighted by molar-refractivity contribution is 7.99. The molecule has 1 aliphatic heterocycles. The van der Waals surface area contributed by atoms with Crippen molar-refractivity contribution in [3.05, 3.63) is 0 Å². The molecule has 3 amide bonds. The van der Waals surface area contributed by atoms with Gasteiger partial charge in [0.2, 0.25) is 17.7 Å². The van der Waals surface area contributed by atoms with Gasteiger partial charge in [0.15, 0.2) is 0 Å². The molecule has 1 heterocycles. The number of hydrogen-bond acceptors (Lipinski definition) is 4. The second-order valence-electron chi connectivity index (χ2n) is 6.29. The molecular formula is C14H25N3O3S. The van der Waals surface area contributed by atoms with Crippen LogP contribution in [0.3, 0.4) is 0 Å². The predicted molar refractivity (Wildman–Crippen MR) is 83.7 cm³/mol. The van der Waals surface area contributed by atoms with Crippen molar-refractivity contribution in [2.24, 2.45) is 5.41 Å². The molecule has 0 saturated carbocycles. The van der Waals surface area contributed by atoms with Crippen molar-refractivity contribution < 1.29 is 14.4 Å². The number of rotatable bonds is 5. The summed E-state index contributed by atoms with van der Waals surface area (Å²) in [5.41, 5.74) is -0.105. The van der Waals surface area contributed by atoms with Crippen LogP contribution in [0.1, 0.15) is 34.1 Å². The Morgan fingerprint density at radius 2 is 1.90 bits per heavy atom. The maximum Gasteiger partial charge on any atom is 0.244 e. The van der Waals surface area contributed by atoms with Gasteiger partial charge in [0, 0.05) is 18.7 Å². The van der Waals surface area contributed by atoms with Crippen molar-refractivity contribution in [2.75, 3.05) is 24.7 Å². The maximum absolute atomic E-state index is 12.3. The highest BCUT2D eigenvalue weighted by Crippen LogP contribution is 2.26. The average Bonchev–Trinajstić information content (AvgIpc) is 2.83.